The number of rotatable bonds is 4. The Bertz CT molecular complexity index is 1290. The number of alkyl halides is 3. The van der Waals surface area contributed by atoms with Crippen LogP contribution in [0.15, 0.2) is 48.5 Å². The zero-order chi connectivity index (χ0) is 26.0. The van der Waals surface area contributed by atoms with Crippen molar-refractivity contribution in [2.24, 2.45) is 0 Å². The summed E-state index contributed by atoms with van der Waals surface area (Å²) in [5, 5.41) is 17.8. The maximum Gasteiger partial charge on any atom is 0.416 e. The molecule has 0 saturated carbocycles. The molecule has 0 fully saturated rings. The molecule has 0 spiro atoms. The third kappa shape index (κ3) is 5.61. The van der Waals surface area contributed by atoms with E-state index in [0.29, 0.717) is 30.4 Å². The van der Waals surface area contributed by atoms with Gasteiger partial charge in [0.05, 0.1) is 18.6 Å². The van der Waals surface area contributed by atoms with Gasteiger partial charge in [0.2, 0.25) is 0 Å². The van der Waals surface area contributed by atoms with E-state index >= 15 is 0 Å². The first-order valence-electron chi connectivity index (χ1n) is 11.3. The van der Waals surface area contributed by atoms with Gasteiger partial charge in [-0.25, -0.2) is 8.78 Å². The fourth-order valence-electron chi connectivity index (χ4n) is 4.71. The summed E-state index contributed by atoms with van der Waals surface area (Å²) in [6.07, 6.45) is -2.48. The second kappa shape index (κ2) is 10.2. The SMILES string of the molecule is Fc1ccc(Cc2c(C(F)(F)F)ccc3c2CCC3)c(F)c1.O=C(O)CC1COc2cc(O)ccc21. The van der Waals surface area contributed by atoms with E-state index in [2.05, 4.69) is 0 Å². The molecule has 2 N–H and O–H groups in total. The Labute approximate surface area is 204 Å². The van der Waals surface area contributed by atoms with Crippen LogP contribution in [0.2, 0.25) is 0 Å². The number of aliphatic carboxylic acids is 1. The van der Waals surface area contributed by atoms with Crippen LogP contribution in [0.3, 0.4) is 0 Å². The molecule has 1 aliphatic carbocycles. The number of fused-ring (bicyclic) bond motifs is 2. The van der Waals surface area contributed by atoms with Gasteiger partial charge in [-0.05, 0) is 59.7 Å². The molecule has 36 heavy (non-hydrogen) atoms. The minimum absolute atomic E-state index is 0.0672. The third-order valence-corrected chi connectivity index (χ3v) is 6.39. The molecule has 1 atom stereocenters. The molecule has 0 amide bonds. The van der Waals surface area contributed by atoms with Crippen molar-refractivity contribution >= 4 is 5.97 Å². The van der Waals surface area contributed by atoms with Crippen LogP contribution < -0.4 is 4.74 Å². The van der Waals surface area contributed by atoms with E-state index in [1.807, 2.05) is 0 Å². The Morgan fingerprint density at radius 3 is 2.50 bits per heavy atom. The lowest BCUT2D eigenvalue weighted by molar-refractivity contribution is -0.138. The number of hydrogen-bond donors (Lipinski definition) is 2. The maximum absolute atomic E-state index is 13.8. The van der Waals surface area contributed by atoms with Gasteiger partial charge in [-0.2, -0.15) is 13.2 Å². The Balaban J connectivity index is 0.000000187. The topological polar surface area (TPSA) is 66.8 Å². The molecular weight excluding hydrogens is 483 g/mol. The molecular formula is C27H23F5O4. The van der Waals surface area contributed by atoms with Crippen LogP contribution in [0, 0.1) is 11.6 Å². The summed E-state index contributed by atoms with van der Waals surface area (Å²) >= 11 is 0. The van der Waals surface area contributed by atoms with Crippen molar-refractivity contribution in [2.45, 2.75) is 44.2 Å². The summed E-state index contributed by atoms with van der Waals surface area (Å²) in [7, 11) is 0. The summed E-state index contributed by atoms with van der Waals surface area (Å²) in [6.45, 7) is 0.380. The summed E-state index contributed by atoms with van der Waals surface area (Å²) in [5.74, 6) is -1.75. The quantitative estimate of drug-likeness (QED) is 0.402. The number of carbonyl (C=O) groups is 1. The average Bonchev–Trinajstić information content (AvgIpc) is 3.42. The highest BCUT2D eigenvalue weighted by molar-refractivity contribution is 5.68. The number of aryl methyl sites for hydroxylation is 1. The lowest BCUT2D eigenvalue weighted by atomic mass is 9.92. The standard InChI is InChI=1S/C17H13F5.C10H10O4/c18-12-6-4-11(16(19)9-12)8-14-13-3-1-2-10(13)5-7-15(14)17(20,21)22;11-7-1-2-8-6(3-10(12)13)5-14-9(8)4-7/h4-7,9H,1-3,8H2;1-2,4,6,11H,3,5H2,(H,12,13). The van der Waals surface area contributed by atoms with E-state index in [1.165, 1.54) is 18.2 Å². The molecule has 1 aliphatic heterocycles. The number of hydrogen-bond acceptors (Lipinski definition) is 3. The van der Waals surface area contributed by atoms with Crippen molar-refractivity contribution in [1.82, 2.24) is 0 Å². The number of halogens is 5. The second-order valence-corrected chi connectivity index (χ2v) is 8.82. The Morgan fingerprint density at radius 1 is 1.03 bits per heavy atom. The van der Waals surface area contributed by atoms with Crippen molar-refractivity contribution in [3.63, 3.8) is 0 Å². The minimum Gasteiger partial charge on any atom is -0.508 e. The Morgan fingerprint density at radius 2 is 1.81 bits per heavy atom. The highest BCUT2D eigenvalue weighted by atomic mass is 19.4. The van der Waals surface area contributed by atoms with Gasteiger partial charge < -0.3 is 14.9 Å². The van der Waals surface area contributed by atoms with Crippen LogP contribution in [0.5, 0.6) is 11.5 Å². The van der Waals surface area contributed by atoms with Crippen LogP contribution >= 0.6 is 0 Å². The molecule has 3 aromatic rings. The fraction of sp³-hybridized carbons (Fsp3) is 0.296. The van der Waals surface area contributed by atoms with E-state index in [-0.39, 0.29) is 35.6 Å². The predicted octanol–water partition coefficient (Wildman–Crippen LogP) is 6.41. The molecule has 3 aromatic carbocycles. The summed E-state index contributed by atoms with van der Waals surface area (Å²) in [6, 6.07) is 10.3. The van der Waals surface area contributed by atoms with E-state index in [0.717, 1.165) is 36.1 Å². The first kappa shape index (κ1) is 25.5. The van der Waals surface area contributed by atoms with Crippen LogP contribution in [-0.4, -0.2) is 22.8 Å². The van der Waals surface area contributed by atoms with Gasteiger partial charge in [-0.15, -0.1) is 0 Å². The molecule has 0 aromatic heterocycles. The first-order chi connectivity index (χ1) is 17.0. The molecule has 9 heteroatoms. The van der Waals surface area contributed by atoms with Crippen molar-refractivity contribution in [3.8, 4) is 11.5 Å². The van der Waals surface area contributed by atoms with Gasteiger partial charge in [-0.3, -0.25) is 4.79 Å². The molecule has 5 rings (SSSR count). The normalized spacial score (nSPS) is 16.0. The maximum atomic E-state index is 13.8. The lowest BCUT2D eigenvalue weighted by Gasteiger charge is -2.17. The van der Waals surface area contributed by atoms with Crippen LogP contribution in [0.1, 0.15) is 52.1 Å². The number of carboxylic acid groups (broad SMARTS) is 1. The van der Waals surface area contributed by atoms with E-state index < -0.39 is 29.3 Å². The molecule has 1 heterocycles. The van der Waals surface area contributed by atoms with Gasteiger partial charge in [0, 0.05) is 30.0 Å². The smallest absolute Gasteiger partial charge is 0.416 e. The lowest BCUT2D eigenvalue weighted by Crippen LogP contribution is -2.12. The molecule has 0 radical (unpaired) electrons. The van der Waals surface area contributed by atoms with E-state index in [1.54, 1.807) is 12.1 Å². The van der Waals surface area contributed by atoms with Crippen LogP contribution in [-0.2, 0) is 30.2 Å². The molecule has 0 saturated heterocycles. The van der Waals surface area contributed by atoms with Gasteiger partial charge >= 0.3 is 12.1 Å². The molecule has 0 bridgehead atoms. The fourth-order valence-corrected chi connectivity index (χ4v) is 4.71. The number of phenols is 1. The zero-order valence-corrected chi connectivity index (χ0v) is 19.0. The van der Waals surface area contributed by atoms with Crippen LogP contribution in [0.4, 0.5) is 22.0 Å². The molecule has 1 unspecified atom stereocenters. The number of aromatic hydroxyl groups is 1. The molecule has 190 valence electrons. The van der Waals surface area contributed by atoms with Gasteiger partial charge in [-0.1, -0.05) is 18.2 Å². The molecule has 4 nitrogen and oxygen atoms in total. The highest BCUT2D eigenvalue weighted by Gasteiger charge is 2.35. The second-order valence-electron chi connectivity index (χ2n) is 8.82. The van der Waals surface area contributed by atoms with Crippen molar-refractivity contribution in [3.05, 3.63) is 93.5 Å². The number of phenolic OH excluding ortho intramolecular Hbond substituents is 1. The first-order valence-corrected chi connectivity index (χ1v) is 11.3. The highest BCUT2D eigenvalue weighted by Crippen LogP contribution is 2.39. The summed E-state index contributed by atoms with van der Waals surface area (Å²) in [4.78, 5) is 10.5. The average molecular weight is 506 g/mol. The Kier molecular flexibility index (Phi) is 7.19. The summed E-state index contributed by atoms with van der Waals surface area (Å²) < 4.78 is 71.7. The van der Waals surface area contributed by atoms with E-state index in [9.17, 15) is 26.7 Å². The largest absolute Gasteiger partial charge is 0.508 e. The number of benzene rings is 3. The minimum atomic E-state index is -4.48. The zero-order valence-electron chi connectivity index (χ0n) is 19.0. The van der Waals surface area contributed by atoms with Crippen molar-refractivity contribution < 1.29 is 41.7 Å². The van der Waals surface area contributed by atoms with Crippen molar-refractivity contribution in [1.29, 1.82) is 0 Å². The van der Waals surface area contributed by atoms with Gasteiger partial charge in [0.25, 0.3) is 0 Å². The predicted molar refractivity (Wildman–Crippen MR) is 121 cm³/mol. The van der Waals surface area contributed by atoms with Crippen LogP contribution in [0.25, 0.3) is 0 Å². The van der Waals surface area contributed by atoms with Crippen molar-refractivity contribution in [2.75, 3.05) is 6.61 Å². The number of ether oxygens (including phenoxy) is 1. The molecule has 2 aliphatic rings. The third-order valence-electron chi connectivity index (χ3n) is 6.39. The monoisotopic (exact) mass is 506 g/mol. The van der Waals surface area contributed by atoms with E-state index in [4.69, 9.17) is 14.9 Å². The van der Waals surface area contributed by atoms with Gasteiger partial charge in [0.1, 0.15) is 23.1 Å². The van der Waals surface area contributed by atoms with Gasteiger partial charge in [0.15, 0.2) is 0 Å². The summed E-state index contributed by atoms with van der Waals surface area (Å²) in [5.41, 5.74) is 1.89. The number of carboxylic acids is 1. The Hall–Kier alpha value is -3.62.